The quantitative estimate of drug-likeness (QED) is 0.764. The number of ether oxygens (including phenoxy) is 1. The molecule has 2 saturated heterocycles. The van der Waals surface area contributed by atoms with Gasteiger partial charge in [-0.3, -0.25) is 4.79 Å². The number of nitrogens with one attached hydrogen (secondary N) is 1. The highest BCUT2D eigenvalue weighted by Crippen LogP contribution is 2.37. The minimum absolute atomic E-state index is 0.0618. The minimum atomic E-state index is -0.539. The number of hydrogen-bond acceptors (Lipinski definition) is 3. The molecule has 0 unspecified atom stereocenters. The lowest BCUT2D eigenvalue weighted by molar-refractivity contribution is -0.125. The third-order valence-corrected chi connectivity index (χ3v) is 6.28. The number of anilines is 2. The first-order valence-electron chi connectivity index (χ1n) is 9.68. The number of halogens is 1. The molecular weight excluding hydrogens is 404 g/mol. The van der Waals surface area contributed by atoms with E-state index >= 15 is 0 Å². The van der Waals surface area contributed by atoms with Gasteiger partial charge >= 0.3 is 0 Å². The van der Waals surface area contributed by atoms with Gasteiger partial charge in [0.15, 0.2) is 0 Å². The highest BCUT2D eigenvalue weighted by Gasteiger charge is 2.41. The van der Waals surface area contributed by atoms with E-state index in [0.29, 0.717) is 26.1 Å². The highest BCUT2D eigenvalue weighted by atomic mass is 79.9. The molecule has 0 spiro atoms. The normalized spacial score (nSPS) is 19.1. The molecule has 0 saturated carbocycles. The molecule has 2 fully saturated rings. The second-order valence-electron chi connectivity index (χ2n) is 7.40. The summed E-state index contributed by atoms with van der Waals surface area (Å²) in [5.74, 6) is 0.0618. The summed E-state index contributed by atoms with van der Waals surface area (Å²) in [6.07, 6.45) is 3.88. The van der Waals surface area contributed by atoms with E-state index in [-0.39, 0.29) is 5.91 Å². The van der Waals surface area contributed by atoms with Crippen molar-refractivity contribution >= 4 is 33.2 Å². The molecule has 2 aliphatic rings. The van der Waals surface area contributed by atoms with Crippen LogP contribution < -0.4 is 10.2 Å². The van der Waals surface area contributed by atoms with E-state index in [4.69, 9.17) is 4.74 Å². The van der Waals surface area contributed by atoms with Gasteiger partial charge in [0.2, 0.25) is 5.91 Å². The molecule has 0 radical (unpaired) electrons. The monoisotopic (exact) mass is 428 g/mol. The molecule has 2 aromatic carbocycles. The van der Waals surface area contributed by atoms with E-state index in [0.717, 1.165) is 28.8 Å². The largest absolute Gasteiger partial charge is 0.381 e. The van der Waals surface area contributed by atoms with Crippen molar-refractivity contribution in [3.05, 3.63) is 58.6 Å². The Hall–Kier alpha value is -1.85. The Kier molecular flexibility index (Phi) is 5.50. The smallest absolute Gasteiger partial charge is 0.235 e. The van der Waals surface area contributed by atoms with Crippen molar-refractivity contribution in [2.45, 2.75) is 31.1 Å². The lowest BCUT2D eigenvalue weighted by Crippen LogP contribution is -2.44. The van der Waals surface area contributed by atoms with Gasteiger partial charge in [-0.15, -0.1) is 0 Å². The summed E-state index contributed by atoms with van der Waals surface area (Å²) in [7, 11) is 0. The van der Waals surface area contributed by atoms with Gasteiger partial charge in [0.1, 0.15) is 0 Å². The van der Waals surface area contributed by atoms with Gasteiger partial charge in [0, 0.05) is 42.2 Å². The molecule has 2 aromatic rings. The Balaban J connectivity index is 1.59. The number of amides is 1. The van der Waals surface area contributed by atoms with Gasteiger partial charge in [0.05, 0.1) is 5.41 Å². The topological polar surface area (TPSA) is 41.6 Å². The average Bonchev–Trinajstić information content (AvgIpc) is 3.24. The van der Waals surface area contributed by atoms with Gasteiger partial charge in [0.25, 0.3) is 0 Å². The molecule has 4 nitrogen and oxygen atoms in total. The number of benzene rings is 2. The average molecular weight is 429 g/mol. The van der Waals surface area contributed by atoms with Crippen LogP contribution >= 0.6 is 15.9 Å². The molecule has 27 heavy (non-hydrogen) atoms. The lowest BCUT2D eigenvalue weighted by Gasteiger charge is -2.36. The lowest BCUT2D eigenvalue weighted by atomic mass is 9.73. The Morgan fingerprint density at radius 1 is 1.04 bits per heavy atom. The molecule has 0 atom stereocenters. The molecule has 2 aliphatic heterocycles. The molecule has 5 heteroatoms. The van der Waals surface area contributed by atoms with E-state index in [1.807, 2.05) is 24.3 Å². The van der Waals surface area contributed by atoms with Crippen molar-refractivity contribution in [1.29, 1.82) is 0 Å². The summed E-state index contributed by atoms with van der Waals surface area (Å²) in [5, 5.41) is 3.20. The zero-order valence-corrected chi connectivity index (χ0v) is 17.0. The Labute approximate surface area is 169 Å². The molecule has 0 bridgehead atoms. The van der Waals surface area contributed by atoms with E-state index in [1.54, 1.807) is 0 Å². The van der Waals surface area contributed by atoms with E-state index in [9.17, 15) is 4.79 Å². The van der Waals surface area contributed by atoms with Gasteiger partial charge in [-0.1, -0.05) is 34.1 Å². The van der Waals surface area contributed by atoms with Crippen molar-refractivity contribution in [2.75, 3.05) is 36.5 Å². The SMILES string of the molecule is O=C(Nc1cccc(N2CCCC2)c1)C1(c2ccc(Br)cc2)CCOCC1. The molecule has 2 heterocycles. The predicted molar refractivity (Wildman–Crippen MR) is 112 cm³/mol. The van der Waals surface area contributed by atoms with Gasteiger partial charge in [-0.2, -0.15) is 0 Å². The van der Waals surface area contributed by atoms with Crippen LogP contribution in [0.5, 0.6) is 0 Å². The number of carbonyl (C=O) groups is 1. The number of hydrogen-bond donors (Lipinski definition) is 1. The second-order valence-corrected chi connectivity index (χ2v) is 8.32. The first-order chi connectivity index (χ1) is 13.2. The van der Waals surface area contributed by atoms with Gasteiger partial charge < -0.3 is 15.0 Å². The summed E-state index contributed by atoms with van der Waals surface area (Å²) >= 11 is 3.49. The molecule has 142 valence electrons. The van der Waals surface area contributed by atoms with Gasteiger partial charge in [-0.05, 0) is 61.6 Å². The molecular formula is C22H25BrN2O2. The highest BCUT2D eigenvalue weighted by molar-refractivity contribution is 9.10. The van der Waals surface area contributed by atoms with Crippen molar-refractivity contribution in [1.82, 2.24) is 0 Å². The first-order valence-corrected chi connectivity index (χ1v) is 10.5. The molecule has 0 aliphatic carbocycles. The third-order valence-electron chi connectivity index (χ3n) is 5.75. The maximum absolute atomic E-state index is 13.4. The van der Waals surface area contributed by atoms with E-state index in [1.165, 1.54) is 18.5 Å². The molecule has 0 aromatic heterocycles. The van der Waals surface area contributed by atoms with Crippen LogP contribution in [0.15, 0.2) is 53.0 Å². The molecule has 4 rings (SSSR count). The predicted octanol–water partition coefficient (Wildman–Crippen LogP) is 4.74. The summed E-state index contributed by atoms with van der Waals surface area (Å²) in [4.78, 5) is 15.8. The van der Waals surface area contributed by atoms with Crippen LogP contribution in [0.4, 0.5) is 11.4 Å². The summed E-state index contributed by atoms with van der Waals surface area (Å²) in [5.41, 5.74) is 2.58. The zero-order chi connectivity index (χ0) is 18.7. The standard InChI is InChI=1S/C22H25BrN2O2/c23-18-8-6-17(7-9-18)22(10-14-27-15-11-22)21(26)24-19-4-3-5-20(16-19)25-12-1-2-13-25/h3-9,16H,1-2,10-15H2,(H,24,26). The summed E-state index contributed by atoms with van der Waals surface area (Å²) < 4.78 is 6.58. The first kappa shape index (κ1) is 18.5. The molecule has 1 N–H and O–H groups in total. The Morgan fingerprint density at radius 2 is 1.74 bits per heavy atom. The fraction of sp³-hybridized carbons (Fsp3) is 0.409. The zero-order valence-electron chi connectivity index (χ0n) is 15.4. The van der Waals surface area contributed by atoms with Crippen molar-refractivity contribution < 1.29 is 9.53 Å². The minimum Gasteiger partial charge on any atom is -0.381 e. The van der Waals surface area contributed by atoms with Crippen LogP contribution in [0.3, 0.4) is 0 Å². The maximum Gasteiger partial charge on any atom is 0.235 e. The van der Waals surface area contributed by atoms with Crippen LogP contribution in [-0.4, -0.2) is 32.2 Å². The molecule has 1 amide bonds. The van der Waals surface area contributed by atoms with Crippen LogP contribution in [0, 0.1) is 0 Å². The maximum atomic E-state index is 13.4. The van der Waals surface area contributed by atoms with Crippen LogP contribution in [0.2, 0.25) is 0 Å². The second kappa shape index (κ2) is 8.03. The Morgan fingerprint density at radius 3 is 2.44 bits per heavy atom. The van der Waals surface area contributed by atoms with E-state index in [2.05, 4.69) is 50.4 Å². The summed E-state index contributed by atoms with van der Waals surface area (Å²) in [6, 6.07) is 16.3. The number of carbonyl (C=O) groups excluding carboxylic acids is 1. The summed E-state index contributed by atoms with van der Waals surface area (Å²) in [6.45, 7) is 3.41. The van der Waals surface area contributed by atoms with E-state index < -0.39 is 5.41 Å². The number of rotatable bonds is 4. The Bertz CT molecular complexity index is 794. The third kappa shape index (κ3) is 3.90. The number of nitrogens with zero attached hydrogens (tertiary/aromatic N) is 1. The fourth-order valence-electron chi connectivity index (χ4n) is 4.14. The van der Waals surface area contributed by atoms with Crippen LogP contribution in [0.25, 0.3) is 0 Å². The van der Waals surface area contributed by atoms with Crippen molar-refractivity contribution in [3.8, 4) is 0 Å². The van der Waals surface area contributed by atoms with Crippen molar-refractivity contribution in [2.24, 2.45) is 0 Å². The fourth-order valence-corrected chi connectivity index (χ4v) is 4.41. The van der Waals surface area contributed by atoms with Crippen molar-refractivity contribution in [3.63, 3.8) is 0 Å². The van der Waals surface area contributed by atoms with Crippen LogP contribution in [-0.2, 0) is 14.9 Å². The van der Waals surface area contributed by atoms with Crippen LogP contribution in [0.1, 0.15) is 31.2 Å². The van der Waals surface area contributed by atoms with Gasteiger partial charge in [-0.25, -0.2) is 0 Å².